The first-order valence-corrected chi connectivity index (χ1v) is 33.4. The molecule has 0 saturated carbocycles. The van der Waals surface area contributed by atoms with Crippen LogP contribution in [-0.4, -0.2) is 19.9 Å². The van der Waals surface area contributed by atoms with Crippen molar-refractivity contribution in [3.05, 3.63) is 384 Å². The molecule has 20 rings (SSSR count). The van der Waals surface area contributed by atoms with Gasteiger partial charge in [0.1, 0.15) is 23.0 Å². The molecule has 16 aromatic rings. The summed E-state index contributed by atoms with van der Waals surface area (Å²) in [6.07, 6.45) is 0. The third-order valence-corrected chi connectivity index (χ3v) is 20.7. The lowest BCUT2D eigenvalue weighted by atomic mass is 9.65. The van der Waals surface area contributed by atoms with Crippen LogP contribution in [0.5, 0.6) is 23.0 Å². The van der Waals surface area contributed by atoms with Crippen LogP contribution in [-0.2, 0) is 10.8 Å². The number of hydrogen-bond acceptors (Lipinski definition) is 6. The van der Waals surface area contributed by atoms with Crippen LogP contribution in [0.2, 0.25) is 0 Å². The second kappa shape index (κ2) is 21.8. The molecule has 2 aliphatic heterocycles. The van der Waals surface area contributed by atoms with E-state index in [1.165, 1.54) is 44.5 Å². The highest BCUT2D eigenvalue weighted by atomic mass is 16.5. The van der Waals surface area contributed by atoms with Gasteiger partial charge < -0.3 is 9.47 Å². The van der Waals surface area contributed by atoms with Crippen LogP contribution >= 0.6 is 0 Å². The molecule has 0 atom stereocenters. The Morgan fingerprint density at radius 2 is 0.520 bits per heavy atom. The van der Waals surface area contributed by atoms with Crippen molar-refractivity contribution in [2.75, 3.05) is 0 Å². The third kappa shape index (κ3) is 8.28. The third-order valence-electron chi connectivity index (χ3n) is 20.7. The summed E-state index contributed by atoms with van der Waals surface area (Å²) in [4.78, 5) is 21.7. The maximum atomic E-state index is 7.22. The number of benzene rings is 14. The first kappa shape index (κ1) is 55.5. The van der Waals surface area contributed by atoms with Gasteiger partial charge >= 0.3 is 0 Å². The Bertz CT molecular complexity index is 5870. The highest BCUT2D eigenvalue weighted by molar-refractivity contribution is 5.95. The standard InChI is InChI=1S/C92H56N4O2/c1-3-23-58(24-4-1)65-27-7-8-32-70(65)82-56-84(72-34-22-42-80-88(72)98-86-44-20-18-40-78(86)92(80)75-37-15-11-30-68(75)69-31-12-16-38-76(69)92)96-90(94-82)60-47-45-57(46-48-60)61-49-50-63-54-64(52-51-62(63)53-61)81-55-83(95-89(93-81)59-25-5-2-6-26-59)71-33-21-41-79-87(71)97-85-43-19-17-39-77(85)91(79)73-35-13-9-28-66(73)67-29-10-14-36-74(67)91/h1-56H. The molecule has 2 spiro atoms. The molecule has 0 N–H and O–H groups in total. The van der Waals surface area contributed by atoms with Crippen molar-refractivity contribution in [2.45, 2.75) is 10.8 Å². The lowest BCUT2D eigenvalue weighted by Gasteiger charge is -2.40. The van der Waals surface area contributed by atoms with Gasteiger partial charge in [0.05, 0.1) is 33.6 Å². The fraction of sp³-hybridized carbons (Fsp3) is 0.0217. The molecular weight excluding hydrogens is 1190 g/mol. The van der Waals surface area contributed by atoms with Gasteiger partial charge in [0.25, 0.3) is 0 Å². The molecule has 4 aliphatic rings. The topological polar surface area (TPSA) is 70.0 Å². The lowest BCUT2D eigenvalue weighted by molar-refractivity contribution is 0.437. The Morgan fingerprint density at radius 3 is 1.02 bits per heavy atom. The Kier molecular flexibility index (Phi) is 12.4. The van der Waals surface area contributed by atoms with Crippen LogP contribution in [0.1, 0.15) is 44.5 Å². The Balaban J connectivity index is 0.678. The summed E-state index contributed by atoms with van der Waals surface area (Å²) < 4.78 is 14.4. The highest BCUT2D eigenvalue weighted by Crippen LogP contribution is 2.65. The number of fused-ring (bicyclic) bond motifs is 19. The van der Waals surface area contributed by atoms with Gasteiger partial charge in [0.2, 0.25) is 0 Å². The van der Waals surface area contributed by atoms with Crippen LogP contribution in [0.15, 0.2) is 340 Å². The largest absolute Gasteiger partial charge is 0.456 e. The molecule has 0 bridgehead atoms. The van der Waals surface area contributed by atoms with Crippen molar-refractivity contribution >= 4 is 10.8 Å². The van der Waals surface area contributed by atoms with E-state index in [1.54, 1.807) is 0 Å². The highest BCUT2D eigenvalue weighted by Gasteiger charge is 2.53. The molecule has 0 amide bonds. The molecule has 0 fully saturated rings. The molecule has 98 heavy (non-hydrogen) atoms. The fourth-order valence-corrected chi connectivity index (χ4v) is 16.4. The normalized spacial score (nSPS) is 13.4. The minimum absolute atomic E-state index is 0.609. The van der Waals surface area contributed by atoms with Crippen molar-refractivity contribution in [1.82, 2.24) is 19.9 Å². The average molecular weight is 1250 g/mol. The lowest BCUT2D eigenvalue weighted by Crippen LogP contribution is -2.32. The molecule has 6 nitrogen and oxygen atoms in total. The SMILES string of the molecule is c1ccc(-c2nc(-c3ccc4cc(-c5ccc(-c6nc(-c7ccccc7-c7ccccc7)cc(-c7cccc8c7Oc7ccccc7C87c8ccccc8-c8ccccc87)n6)cc5)ccc4c3)cc(-c3cccc4c3Oc3ccccc3C43c4ccccc4-c4ccccc43)n2)cc1. The van der Waals surface area contributed by atoms with E-state index >= 15 is 0 Å². The van der Waals surface area contributed by atoms with Crippen molar-refractivity contribution in [3.8, 4) is 135 Å². The molecule has 0 radical (unpaired) electrons. The summed E-state index contributed by atoms with van der Waals surface area (Å²) in [5.41, 5.74) is 26.2. The first-order chi connectivity index (χ1) is 48.6. The molecule has 456 valence electrons. The molecule has 2 aliphatic carbocycles. The maximum Gasteiger partial charge on any atom is 0.160 e. The van der Waals surface area contributed by atoms with E-state index in [1.807, 2.05) is 18.2 Å². The van der Waals surface area contributed by atoms with Crippen molar-refractivity contribution in [3.63, 3.8) is 0 Å². The molecule has 0 saturated heterocycles. The summed E-state index contributed by atoms with van der Waals surface area (Å²) >= 11 is 0. The van der Waals surface area contributed by atoms with E-state index in [-0.39, 0.29) is 0 Å². The van der Waals surface area contributed by atoms with Crippen molar-refractivity contribution in [1.29, 1.82) is 0 Å². The van der Waals surface area contributed by atoms with Crippen LogP contribution in [0, 0.1) is 0 Å². The van der Waals surface area contributed by atoms with E-state index < -0.39 is 10.8 Å². The monoisotopic (exact) mass is 1250 g/mol. The minimum atomic E-state index is -0.628. The predicted octanol–water partition coefficient (Wildman–Crippen LogP) is 22.7. The molecule has 0 unspecified atom stereocenters. The Morgan fingerprint density at radius 1 is 0.194 bits per heavy atom. The van der Waals surface area contributed by atoms with Crippen molar-refractivity contribution in [2.24, 2.45) is 0 Å². The maximum absolute atomic E-state index is 7.22. The molecule has 14 aromatic carbocycles. The van der Waals surface area contributed by atoms with Gasteiger partial charge in [-0.15, -0.1) is 0 Å². The van der Waals surface area contributed by atoms with Gasteiger partial charge in [0.15, 0.2) is 11.6 Å². The number of aromatic nitrogens is 4. The summed E-state index contributed by atoms with van der Waals surface area (Å²) in [5, 5.41) is 2.21. The van der Waals surface area contributed by atoms with Gasteiger partial charge in [-0.1, -0.05) is 291 Å². The zero-order valence-electron chi connectivity index (χ0n) is 52.9. The predicted molar refractivity (Wildman–Crippen MR) is 393 cm³/mol. The van der Waals surface area contributed by atoms with Crippen LogP contribution in [0.4, 0.5) is 0 Å². The fourth-order valence-electron chi connectivity index (χ4n) is 16.4. The number of hydrogen-bond donors (Lipinski definition) is 0. The molecule has 2 aromatic heterocycles. The van der Waals surface area contributed by atoms with E-state index in [2.05, 4.69) is 322 Å². The molecule has 6 heteroatoms. The number of para-hydroxylation sites is 4. The van der Waals surface area contributed by atoms with Crippen LogP contribution in [0.25, 0.3) is 123 Å². The number of nitrogens with zero attached hydrogens (tertiary/aromatic N) is 4. The quantitative estimate of drug-likeness (QED) is 0.151. The van der Waals surface area contributed by atoms with Crippen molar-refractivity contribution < 1.29 is 9.47 Å². The Labute approximate surface area is 567 Å². The zero-order valence-corrected chi connectivity index (χ0v) is 52.9. The van der Waals surface area contributed by atoms with E-state index in [0.717, 1.165) is 134 Å². The molecule has 4 heterocycles. The summed E-state index contributed by atoms with van der Waals surface area (Å²) in [5.74, 6) is 4.48. The average Bonchev–Trinajstić information content (AvgIpc) is 1.48. The van der Waals surface area contributed by atoms with Gasteiger partial charge in [-0.05, 0) is 126 Å². The first-order valence-electron chi connectivity index (χ1n) is 33.4. The van der Waals surface area contributed by atoms with Gasteiger partial charge in [-0.3, -0.25) is 0 Å². The summed E-state index contributed by atoms with van der Waals surface area (Å²) in [7, 11) is 0. The number of ether oxygens (including phenoxy) is 2. The van der Waals surface area contributed by atoms with E-state index in [4.69, 9.17) is 29.4 Å². The smallest absolute Gasteiger partial charge is 0.160 e. The minimum Gasteiger partial charge on any atom is -0.456 e. The zero-order chi connectivity index (χ0) is 64.5. The van der Waals surface area contributed by atoms with E-state index in [9.17, 15) is 0 Å². The number of rotatable bonds is 8. The summed E-state index contributed by atoms with van der Waals surface area (Å²) in [6, 6.07) is 121. The summed E-state index contributed by atoms with van der Waals surface area (Å²) in [6.45, 7) is 0. The van der Waals surface area contributed by atoms with Crippen LogP contribution < -0.4 is 9.47 Å². The Hall–Kier alpha value is -12.9. The van der Waals surface area contributed by atoms with Crippen LogP contribution in [0.3, 0.4) is 0 Å². The second-order valence-corrected chi connectivity index (χ2v) is 25.8. The van der Waals surface area contributed by atoms with Gasteiger partial charge in [0, 0.05) is 55.6 Å². The van der Waals surface area contributed by atoms with E-state index in [0.29, 0.717) is 11.6 Å². The van der Waals surface area contributed by atoms with Gasteiger partial charge in [-0.25, -0.2) is 19.9 Å². The van der Waals surface area contributed by atoms with Gasteiger partial charge in [-0.2, -0.15) is 0 Å². The second-order valence-electron chi connectivity index (χ2n) is 25.8. The molecular formula is C92H56N4O2.